The lowest BCUT2D eigenvalue weighted by Gasteiger charge is -2.38. The Morgan fingerprint density at radius 2 is 1.97 bits per heavy atom. The molecule has 2 aromatic carbocycles. The average molecular weight is 409 g/mol. The molecule has 0 spiro atoms. The molecule has 1 aromatic heterocycles. The summed E-state index contributed by atoms with van der Waals surface area (Å²) >= 11 is 4.22. The zero-order valence-electron chi connectivity index (χ0n) is 17.0. The number of carbonyl (C=O) groups is 1. The van der Waals surface area contributed by atoms with Crippen LogP contribution in [-0.2, 0) is 11.3 Å². The van der Waals surface area contributed by atoms with E-state index in [9.17, 15) is 4.79 Å². The van der Waals surface area contributed by atoms with E-state index in [0.717, 1.165) is 30.0 Å². The summed E-state index contributed by atoms with van der Waals surface area (Å²) in [7, 11) is 0. The third kappa shape index (κ3) is 3.79. The molecular weight excluding hydrogens is 380 g/mol. The number of nitrogens with two attached hydrogens (primary N) is 1. The SMILES string of the molecule is CC(C)CC1c2nc(-c3cccc4ccccc34)cn2CCN1C(=O)C(N)CS. The lowest BCUT2D eigenvalue weighted by molar-refractivity contribution is -0.136. The molecule has 0 bridgehead atoms. The van der Waals surface area contributed by atoms with Crippen molar-refractivity contribution in [2.75, 3.05) is 12.3 Å². The predicted molar refractivity (Wildman–Crippen MR) is 121 cm³/mol. The van der Waals surface area contributed by atoms with Crippen molar-refractivity contribution in [1.29, 1.82) is 0 Å². The van der Waals surface area contributed by atoms with Gasteiger partial charge in [-0.05, 0) is 23.1 Å². The molecule has 1 aliphatic rings. The number of aromatic nitrogens is 2. The van der Waals surface area contributed by atoms with Crippen LogP contribution < -0.4 is 5.73 Å². The fourth-order valence-corrected chi connectivity index (χ4v) is 4.35. The van der Waals surface area contributed by atoms with Gasteiger partial charge in [0.1, 0.15) is 5.82 Å². The van der Waals surface area contributed by atoms with Gasteiger partial charge in [-0.2, -0.15) is 12.6 Å². The molecule has 152 valence electrons. The number of hydrogen-bond acceptors (Lipinski definition) is 4. The molecule has 2 N–H and O–H groups in total. The van der Waals surface area contributed by atoms with E-state index < -0.39 is 6.04 Å². The van der Waals surface area contributed by atoms with E-state index >= 15 is 0 Å². The maximum absolute atomic E-state index is 12.9. The average Bonchev–Trinajstić information content (AvgIpc) is 3.16. The number of benzene rings is 2. The van der Waals surface area contributed by atoms with Crippen LogP contribution in [0, 0.1) is 5.92 Å². The van der Waals surface area contributed by atoms with Gasteiger partial charge in [-0.25, -0.2) is 4.98 Å². The Kier molecular flexibility index (Phi) is 5.65. The van der Waals surface area contributed by atoms with Gasteiger partial charge in [-0.15, -0.1) is 0 Å². The van der Waals surface area contributed by atoms with E-state index in [1.165, 1.54) is 10.8 Å². The van der Waals surface area contributed by atoms with Gasteiger partial charge in [0.15, 0.2) is 0 Å². The van der Waals surface area contributed by atoms with E-state index in [1.54, 1.807) is 0 Å². The van der Waals surface area contributed by atoms with Crippen LogP contribution >= 0.6 is 12.6 Å². The highest BCUT2D eigenvalue weighted by atomic mass is 32.1. The Labute approximate surface area is 177 Å². The molecule has 1 amide bonds. The third-order valence-corrected chi connectivity index (χ3v) is 6.01. The van der Waals surface area contributed by atoms with E-state index in [-0.39, 0.29) is 11.9 Å². The monoisotopic (exact) mass is 408 g/mol. The molecule has 0 saturated heterocycles. The van der Waals surface area contributed by atoms with Gasteiger partial charge in [0.05, 0.1) is 17.8 Å². The van der Waals surface area contributed by atoms with Crippen LogP contribution in [0.25, 0.3) is 22.0 Å². The zero-order chi connectivity index (χ0) is 20.5. The molecule has 1 aliphatic heterocycles. The van der Waals surface area contributed by atoms with Crippen molar-refractivity contribution in [3.8, 4) is 11.3 Å². The lowest BCUT2D eigenvalue weighted by Crippen LogP contribution is -2.50. The lowest BCUT2D eigenvalue weighted by atomic mass is 9.99. The smallest absolute Gasteiger partial charge is 0.241 e. The molecule has 4 rings (SSSR count). The van der Waals surface area contributed by atoms with Gasteiger partial charge in [0, 0.05) is 30.6 Å². The molecule has 2 atom stereocenters. The zero-order valence-corrected chi connectivity index (χ0v) is 17.8. The largest absolute Gasteiger partial charge is 0.331 e. The Hall–Kier alpha value is -2.31. The number of rotatable bonds is 5. The van der Waals surface area contributed by atoms with E-state index in [4.69, 9.17) is 10.7 Å². The molecular formula is C23H28N4OS. The summed E-state index contributed by atoms with van der Waals surface area (Å²) < 4.78 is 2.21. The van der Waals surface area contributed by atoms with Crippen LogP contribution in [0.3, 0.4) is 0 Å². The Morgan fingerprint density at radius 1 is 1.21 bits per heavy atom. The van der Waals surface area contributed by atoms with Crippen LogP contribution in [0.2, 0.25) is 0 Å². The van der Waals surface area contributed by atoms with E-state index in [2.05, 4.69) is 79.7 Å². The number of amides is 1. The summed E-state index contributed by atoms with van der Waals surface area (Å²) in [5.41, 5.74) is 8.10. The molecule has 3 aromatic rings. The normalized spacial score (nSPS) is 17.6. The number of hydrogen-bond donors (Lipinski definition) is 2. The summed E-state index contributed by atoms with van der Waals surface area (Å²) in [6.45, 7) is 5.73. The number of imidazole rings is 1. The minimum absolute atomic E-state index is 0.0355. The maximum atomic E-state index is 12.9. The Morgan fingerprint density at radius 3 is 2.72 bits per heavy atom. The molecule has 0 fully saturated rings. The van der Waals surface area contributed by atoms with Crippen LogP contribution in [0.1, 0.15) is 32.1 Å². The summed E-state index contributed by atoms with van der Waals surface area (Å²) in [6.07, 6.45) is 2.99. The van der Waals surface area contributed by atoms with Crippen molar-refractivity contribution in [2.45, 2.75) is 38.9 Å². The van der Waals surface area contributed by atoms with Crippen molar-refractivity contribution in [2.24, 2.45) is 11.7 Å². The van der Waals surface area contributed by atoms with E-state index in [0.29, 0.717) is 18.2 Å². The Balaban J connectivity index is 1.77. The molecule has 29 heavy (non-hydrogen) atoms. The first-order valence-corrected chi connectivity index (χ1v) is 10.8. The molecule has 5 nitrogen and oxygen atoms in total. The molecule has 0 radical (unpaired) electrons. The molecule has 2 heterocycles. The predicted octanol–water partition coefficient (Wildman–Crippen LogP) is 3.89. The maximum Gasteiger partial charge on any atom is 0.241 e. The minimum atomic E-state index is -0.577. The number of nitrogens with zero attached hydrogens (tertiary/aromatic N) is 3. The highest BCUT2D eigenvalue weighted by Crippen LogP contribution is 2.35. The van der Waals surface area contributed by atoms with Crippen molar-refractivity contribution in [1.82, 2.24) is 14.5 Å². The fourth-order valence-electron chi connectivity index (χ4n) is 4.20. The first kappa shape index (κ1) is 20.0. The van der Waals surface area contributed by atoms with Crippen molar-refractivity contribution in [3.05, 3.63) is 54.5 Å². The van der Waals surface area contributed by atoms with Gasteiger partial charge in [0.25, 0.3) is 0 Å². The summed E-state index contributed by atoms with van der Waals surface area (Å²) in [5, 5.41) is 2.39. The number of fused-ring (bicyclic) bond motifs is 2. The second-order valence-electron chi connectivity index (χ2n) is 8.17. The second-order valence-corrected chi connectivity index (χ2v) is 8.54. The molecule has 0 aliphatic carbocycles. The standard InChI is InChI=1S/C23H28N4OS/c1-15(2)12-21-22-25-20(18-9-5-7-16-6-3-4-8-17(16)18)13-26(22)10-11-27(21)23(28)19(24)14-29/h3-9,13,15,19,21,29H,10-12,14,24H2,1-2H3. The third-order valence-electron chi connectivity index (χ3n) is 5.62. The second kappa shape index (κ2) is 8.20. The van der Waals surface area contributed by atoms with Crippen LogP contribution in [0.4, 0.5) is 0 Å². The molecule has 2 unspecified atom stereocenters. The van der Waals surface area contributed by atoms with Gasteiger partial charge < -0.3 is 15.2 Å². The first-order chi connectivity index (χ1) is 14.0. The van der Waals surface area contributed by atoms with E-state index in [1.807, 2.05) is 4.90 Å². The summed E-state index contributed by atoms with van der Waals surface area (Å²) in [4.78, 5) is 19.8. The van der Waals surface area contributed by atoms with Crippen molar-refractivity contribution in [3.63, 3.8) is 0 Å². The highest BCUT2D eigenvalue weighted by Gasteiger charge is 2.35. The topological polar surface area (TPSA) is 64.2 Å². The minimum Gasteiger partial charge on any atom is -0.331 e. The van der Waals surface area contributed by atoms with Crippen LogP contribution in [-0.4, -0.2) is 38.7 Å². The van der Waals surface area contributed by atoms with Gasteiger partial charge in [-0.1, -0.05) is 56.3 Å². The van der Waals surface area contributed by atoms with Crippen LogP contribution in [0.5, 0.6) is 0 Å². The number of thiol groups is 1. The Bertz CT molecular complexity index is 1020. The summed E-state index contributed by atoms with van der Waals surface area (Å²) in [5.74, 6) is 1.70. The molecule has 0 saturated carbocycles. The van der Waals surface area contributed by atoms with Gasteiger partial charge in [-0.3, -0.25) is 4.79 Å². The van der Waals surface area contributed by atoms with Crippen LogP contribution in [0.15, 0.2) is 48.7 Å². The summed E-state index contributed by atoms with van der Waals surface area (Å²) in [6, 6.07) is 14.0. The van der Waals surface area contributed by atoms with Crippen molar-refractivity contribution >= 4 is 29.3 Å². The number of carbonyl (C=O) groups excluding carboxylic acids is 1. The molecule has 6 heteroatoms. The van der Waals surface area contributed by atoms with Gasteiger partial charge >= 0.3 is 0 Å². The quantitative estimate of drug-likeness (QED) is 0.630. The van der Waals surface area contributed by atoms with Crippen molar-refractivity contribution < 1.29 is 4.79 Å². The fraction of sp³-hybridized carbons (Fsp3) is 0.391. The highest BCUT2D eigenvalue weighted by molar-refractivity contribution is 7.80. The van der Waals surface area contributed by atoms with Gasteiger partial charge in [0.2, 0.25) is 5.91 Å². The first-order valence-electron chi connectivity index (χ1n) is 10.2.